The summed E-state index contributed by atoms with van der Waals surface area (Å²) in [4.78, 5) is 31.8. The van der Waals surface area contributed by atoms with Gasteiger partial charge in [-0.2, -0.15) is 0 Å². The number of hydrogen-bond donors (Lipinski definition) is 2. The number of pyridine rings is 1. The van der Waals surface area contributed by atoms with E-state index in [-0.39, 0.29) is 17.5 Å². The topological polar surface area (TPSA) is 102 Å². The van der Waals surface area contributed by atoms with E-state index in [9.17, 15) is 9.59 Å². The summed E-state index contributed by atoms with van der Waals surface area (Å²) in [7, 11) is 0. The predicted octanol–water partition coefficient (Wildman–Crippen LogP) is 2.14. The maximum absolute atomic E-state index is 12.1. The highest BCUT2D eigenvalue weighted by Crippen LogP contribution is 2.11. The van der Waals surface area contributed by atoms with Gasteiger partial charge in [0.05, 0.1) is 24.7 Å². The maximum atomic E-state index is 12.1. The number of hydrogen-bond acceptors (Lipinski definition) is 5. The molecular formula is C17H17N5O3. The highest BCUT2D eigenvalue weighted by atomic mass is 16.3. The Morgan fingerprint density at radius 1 is 1.24 bits per heavy atom. The summed E-state index contributed by atoms with van der Waals surface area (Å²) in [6.07, 6.45) is 6.60. The lowest BCUT2D eigenvalue weighted by Crippen LogP contribution is -2.22. The summed E-state index contributed by atoms with van der Waals surface area (Å²) in [5.74, 6) is 0.876. The fourth-order valence-electron chi connectivity index (χ4n) is 2.10. The van der Waals surface area contributed by atoms with Crippen LogP contribution in [0.3, 0.4) is 0 Å². The molecule has 0 radical (unpaired) electrons. The molecule has 0 saturated carbocycles. The van der Waals surface area contributed by atoms with E-state index < -0.39 is 0 Å². The van der Waals surface area contributed by atoms with Gasteiger partial charge in [-0.05, 0) is 24.3 Å². The molecular weight excluding hydrogens is 322 g/mol. The van der Waals surface area contributed by atoms with Crippen molar-refractivity contribution in [1.29, 1.82) is 0 Å². The molecule has 0 bridgehead atoms. The summed E-state index contributed by atoms with van der Waals surface area (Å²) in [6.45, 7) is 2.07. The Balaban J connectivity index is 1.64. The average molecular weight is 339 g/mol. The van der Waals surface area contributed by atoms with Gasteiger partial charge in [0.25, 0.3) is 5.91 Å². The van der Waals surface area contributed by atoms with Gasteiger partial charge in [0.15, 0.2) is 0 Å². The first-order chi connectivity index (χ1) is 12.2. The molecule has 0 saturated heterocycles. The van der Waals surface area contributed by atoms with E-state index in [2.05, 4.69) is 20.6 Å². The lowest BCUT2D eigenvalue weighted by molar-refractivity contribution is -0.115. The number of aromatic nitrogens is 3. The third kappa shape index (κ3) is 4.11. The number of nitrogens with one attached hydrogen (secondary N) is 2. The zero-order valence-electron chi connectivity index (χ0n) is 13.6. The van der Waals surface area contributed by atoms with Gasteiger partial charge in [0.2, 0.25) is 5.91 Å². The summed E-state index contributed by atoms with van der Waals surface area (Å²) >= 11 is 0. The SMILES string of the molecule is CCC(=O)Nc1ccc(-n2cnc(C(=O)NCc3ccco3)c2)nc1. The van der Waals surface area contributed by atoms with E-state index in [1.165, 1.54) is 6.33 Å². The van der Waals surface area contributed by atoms with E-state index >= 15 is 0 Å². The van der Waals surface area contributed by atoms with Crippen LogP contribution in [0.5, 0.6) is 0 Å². The molecule has 8 heteroatoms. The first kappa shape index (κ1) is 16.4. The number of carbonyl (C=O) groups excluding carboxylic acids is 2. The first-order valence-corrected chi connectivity index (χ1v) is 7.76. The quantitative estimate of drug-likeness (QED) is 0.716. The maximum Gasteiger partial charge on any atom is 0.271 e. The summed E-state index contributed by atoms with van der Waals surface area (Å²) in [5.41, 5.74) is 0.892. The Kier molecular flexibility index (Phi) is 4.89. The molecule has 3 heterocycles. The third-order valence-electron chi connectivity index (χ3n) is 3.44. The van der Waals surface area contributed by atoms with Crippen LogP contribution in [0.1, 0.15) is 29.6 Å². The van der Waals surface area contributed by atoms with Crippen molar-refractivity contribution in [2.45, 2.75) is 19.9 Å². The van der Waals surface area contributed by atoms with Gasteiger partial charge in [-0.3, -0.25) is 14.2 Å². The minimum absolute atomic E-state index is 0.0762. The van der Waals surface area contributed by atoms with Crippen molar-refractivity contribution in [2.24, 2.45) is 0 Å². The fourth-order valence-corrected chi connectivity index (χ4v) is 2.10. The molecule has 0 aliphatic carbocycles. The molecule has 3 rings (SSSR count). The second-order valence-corrected chi connectivity index (χ2v) is 5.24. The van der Waals surface area contributed by atoms with Gasteiger partial charge in [-0.15, -0.1) is 0 Å². The highest BCUT2D eigenvalue weighted by Gasteiger charge is 2.11. The molecule has 3 aromatic heterocycles. The molecule has 2 amide bonds. The van der Waals surface area contributed by atoms with E-state index in [4.69, 9.17) is 4.42 Å². The van der Waals surface area contributed by atoms with Crippen molar-refractivity contribution < 1.29 is 14.0 Å². The average Bonchev–Trinajstić information content (AvgIpc) is 3.32. The van der Waals surface area contributed by atoms with Gasteiger partial charge >= 0.3 is 0 Å². The van der Waals surface area contributed by atoms with Crippen molar-refractivity contribution in [3.05, 3.63) is 60.7 Å². The van der Waals surface area contributed by atoms with Crippen LogP contribution in [-0.4, -0.2) is 26.3 Å². The van der Waals surface area contributed by atoms with E-state index in [0.717, 1.165) is 0 Å². The second kappa shape index (κ2) is 7.43. The minimum Gasteiger partial charge on any atom is -0.467 e. The molecule has 128 valence electrons. The normalized spacial score (nSPS) is 10.4. The van der Waals surface area contributed by atoms with Crippen LogP contribution in [0.4, 0.5) is 5.69 Å². The van der Waals surface area contributed by atoms with Gasteiger partial charge in [0.1, 0.15) is 23.6 Å². The molecule has 0 unspecified atom stereocenters. The smallest absolute Gasteiger partial charge is 0.271 e. The van der Waals surface area contributed by atoms with Gasteiger partial charge < -0.3 is 15.1 Å². The molecule has 0 aliphatic heterocycles. The van der Waals surface area contributed by atoms with Crippen LogP contribution in [0.25, 0.3) is 5.82 Å². The Morgan fingerprint density at radius 3 is 2.80 bits per heavy atom. The minimum atomic E-state index is -0.304. The Morgan fingerprint density at radius 2 is 2.12 bits per heavy atom. The van der Waals surface area contributed by atoms with Gasteiger partial charge in [-0.25, -0.2) is 9.97 Å². The first-order valence-electron chi connectivity index (χ1n) is 7.76. The Labute approximate surface area is 143 Å². The number of anilines is 1. The number of amides is 2. The van der Waals surface area contributed by atoms with Crippen LogP contribution >= 0.6 is 0 Å². The van der Waals surface area contributed by atoms with Crippen molar-refractivity contribution in [2.75, 3.05) is 5.32 Å². The van der Waals surface area contributed by atoms with Crippen LogP contribution < -0.4 is 10.6 Å². The Hall–Kier alpha value is -3.42. The summed E-state index contributed by atoms with van der Waals surface area (Å²) in [6, 6.07) is 7.01. The molecule has 0 aliphatic rings. The number of nitrogens with zero attached hydrogens (tertiary/aromatic N) is 3. The highest BCUT2D eigenvalue weighted by molar-refractivity contribution is 5.92. The lowest BCUT2D eigenvalue weighted by Gasteiger charge is -2.05. The predicted molar refractivity (Wildman–Crippen MR) is 90.2 cm³/mol. The standard InChI is InChI=1S/C17H17N5O3/c1-2-16(23)21-12-5-6-15(18-8-12)22-10-14(20-11-22)17(24)19-9-13-4-3-7-25-13/h3-8,10-11H,2,9H2,1H3,(H,19,24)(H,21,23). The monoisotopic (exact) mass is 339 g/mol. The fraction of sp³-hybridized carbons (Fsp3) is 0.176. The summed E-state index contributed by atoms with van der Waals surface area (Å²) < 4.78 is 6.79. The molecule has 2 N–H and O–H groups in total. The molecule has 25 heavy (non-hydrogen) atoms. The van der Waals surface area contributed by atoms with Crippen LogP contribution in [-0.2, 0) is 11.3 Å². The van der Waals surface area contributed by atoms with Crippen LogP contribution in [0.2, 0.25) is 0 Å². The molecule has 0 atom stereocenters. The zero-order valence-corrected chi connectivity index (χ0v) is 13.6. The molecule has 3 aromatic rings. The molecule has 8 nitrogen and oxygen atoms in total. The third-order valence-corrected chi connectivity index (χ3v) is 3.44. The lowest BCUT2D eigenvalue weighted by atomic mass is 10.3. The number of furan rings is 1. The van der Waals surface area contributed by atoms with Gasteiger partial charge in [0, 0.05) is 12.6 Å². The summed E-state index contributed by atoms with van der Waals surface area (Å²) in [5, 5.41) is 5.45. The molecule has 0 aromatic carbocycles. The van der Waals surface area contributed by atoms with Crippen molar-refractivity contribution in [3.63, 3.8) is 0 Å². The van der Waals surface area contributed by atoms with Crippen molar-refractivity contribution in [1.82, 2.24) is 19.9 Å². The van der Waals surface area contributed by atoms with Crippen molar-refractivity contribution >= 4 is 17.5 Å². The van der Waals surface area contributed by atoms with Gasteiger partial charge in [-0.1, -0.05) is 6.92 Å². The van der Waals surface area contributed by atoms with E-state index in [0.29, 0.717) is 30.2 Å². The van der Waals surface area contributed by atoms with Crippen molar-refractivity contribution in [3.8, 4) is 5.82 Å². The Bertz CT molecular complexity index is 853. The van der Waals surface area contributed by atoms with Crippen LogP contribution in [0.15, 0.2) is 53.7 Å². The number of rotatable bonds is 6. The number of imidazole rings is 1. The van der Waals surface area contributed by atoms with E-state index in [1.54, 1.807) is 54.4 Å². The zero-order chi connectivity index (χ0) is 17.6. The van der Waals surface area contributed by atoms with E-state index in [1.807, 2.05) is 0 Å². The molecule has 0 fully saturated rings. The van der Waals surface area contributed by atoms with Crippen LogP contribution in [0, 0.1) is 0 Å². The number of carbonyl (C=O) groups is 2. The second-order valence-electron chi connectivity index (χ2n) is 5.24. The molecule has 0 spiro atoms. The largest absolute Gasteiger partial charge is 0.467 e.